The summed E-state index contributed by atoms with van der Waals surface area (Å²) >= 11 is 0. The monoisotopic (exact) mass is 186 g/mol. The highest BCUT2D eigenvalue weighted by molar-refractivity contribution is 5.88. The van der Waals surface area contributed by atoms with Gasteiger partial charge in [-0.1, -0.05) is 36.3 Å². The Balaban J connectivity index is 2.17. The van der Waals surface area contributed by atoms with Crippen LogP contribution in [0.25, 0.3) is 0 Å². The minimum Gasteiger partial charge on any atom is -0.448 e. The van der Waals surface area contributed by atoms with Gasteiger partial charge in [-0.15, -0.1) is 0 Å². The van der Waals surface area contributed by atoms with E-state index in [1.807, 2.05) is 30.3 Å². The first-order chi connectivity index (χ1) is 6.86. The van der Waals surface area contributed by atoms with Crippen molar-refractivity contribution in [2.75, 3.05) is 0 Å². The fraction of sp³-hybridized carbons (Fsp3) is 0.250. The number of hydrogen-bond donors (Lipinski definition) is 0. The first-order valence-corrected chi connectivity index (χ1v) is 4.61. The molecule has 1 aliphatic rings. The van der Waals surface area contributed by atoms with Crippen molar-refractivity contribution in [1.82, 2.24) is 0 Å². The van der Waals surface area contributed by atoms with Crippen molar-refractivity contribution in [3.05, 3.63) is 35.9 Å². The highest BCUT2D eigenvalue weighted by Crippen LogP contribution is 2.23. The molecule has 0 radical (unpaired) electrons. The molecule has 1 atom stereocenters. The van der Waals surface area contributed by atoms with Gasteiger partial charge in [-0.25, -0.2) is 4.79 Å². The average molecular weight is 186 g/mol. The van der Waals surface area contributed by atoms with Gasteiger partial charge in [0, 0.05) is 12.3 Å². The lowest BCUT2D eigenvalue weighted by Crippen LogP contribution is -2.07. The molecule has 0 fully saturated rings. The molecule has 1 aromatic carbocycles. The Hall–Kier alpha value is -1.75. The molecule has 0 saturated heterocycles. The quantitative estimate of drug-likeness (QED) is 0.381. The Morgan fingerprint density at radius 3 is 2.86 bits per heavy atom. The van der Waals surface area contributed by atoms with Crippen LogP contribution in [0.1, 0.15) is 24.5 Å². The van der Waals surface area contributed by atoms with Crippen molar-refractivity contribution < 1.29 is 9.53 Å². The first-order valence-electron chi connectivity index (χ1n) is 4.61. The lowest BCUT2D eigenvalue weighted by atomic mass is 10.1. The molecular weight excluding hydrogens is 176 g/mol. The van der Waals surface area contributed by atoms with E-state index in [0.717, 1.165) is 12.0 Å². The maximum Gasteiger partial charge on any atom is 0.384 e. The molecule has 0 saturated carbocycles. The summed E-state index contributed by atoms with van der Waals surface area (Å²) in [5, 5.41) is 0. The third kappa shape index (κ3) is 1.94. The summed E-state index contributed by atoms with van der Waals surface area (Å²) in [6, 6.07) is 9.74. The lowest BCUT2D eigenvalue weighted by molar-refractivity contribution is -0.142. The molecule has 14 heavy (non-hydrogen) atoms. The summed E-state index contributed by atoms with van der Waals surface area (Å²) in [6.45, 7) is 0. The van der Waals surface area contributed by atoms with Gasteiger partial charge in [0.2, 0.25) is 0 Å². The third-order valence-electron chi connectivity index (χ3n) is 2.14. The fourth-order valence-corrected chi connectivity index (χ4v) is 1.46. The number of cyclic esters (lactones) is 1. The first kappa shape index (κ1) is 8.83. The maximum atomic E-state index is 11.1. The molecule has 0 spiro atoms. The van der Waals surface area contributed by atoms with Gasteiger partial charge in [0.25, 0.3) is 0 Å². The number of hydrogen-bond acceptors (Lipinski definition) is 2. The van der Waals surface area contributed by atoms with Crippen LogP contribution in [0.3, 0.4) is 0 Å². The van der Waals surface area contributed by atoms with Crippen molar-refractivity contribution in [2.24, 2.45) is 0 Å². The normalized spacial score (nSPS) is 20.3. The molecule has 0 aliphatic carbocycles. The zero-order chi connectivity index (χ0) is 9.80. The summed E-state index contributed by atoms with van der Waals surface area (Å²) in [5.74, 6) is 4.79. The van der Waals surface area contributed by atoms with Gasteiger partial charge in [0.05, 0.1) is 0 Å². The summed E-state index contributed by atoms with van der Waals surface area (Å²) in [5.41, 5.74) is 1.03. The fourth-order valence-electron chi connectivity index (χ4n) is 1.46. The minimum atomic E-state index is -0.420. The summed E-state index contributed by atoms with van der Waals surface area (Å²) in [4.78, 5) is 11.1. The van der Waals surface area contributed by atoms with E-state index in [2.05, 4.69) is 11.8 Å². The molecule has 0 amide bonds. The van der Waals surface area contributed by atoms with Crippen LogP contribution in [0.15, 0.2) is 30.3 Å². The van der Waals surface area contributed by atoms with Gasteiger partial charge in [0.15, 0.2) is 0 Å². The predicted molar refractivity (Wildman–Crippen MR) is 52.3 cm³/mol. The number of ether oxygens (including phenoxy) is 1. The van der Waals surface area contributed by atoms with Gasteiger partial charge in [-0.3, -0.25) is 0 Å². The van der Waals surface area contributed by atoms with Crippen molar-refractivity contribution in [3.63, 3.8) is 0 Å². The Labute approximate surface area is 82.9 Å². The number of carbonyl (C=O) groups is 1. The SMILES string of the molecule is O=C1C#CCC[C@H](c2ccccc2)O1. The van der Waals surface area contributed by atoms with Crippen LogP contribution in [-0.4, -0.2) is 5.97 Å². The predicted octanol–water partition coefficient (Wildman–Crippen LogP) is 2.07. The van der Waals surface area contributed by atoms with Crippen molar-refractivity contribution in [2.45, 2.75) is 18.9 Å². The van der Waals surface area contributed by atoms with E-state index >= 15 is 0 Å². The summed E-state index contributed by atoms with van der Waals surface area (Å²) in [6.07, 6.45) is 1.35. The third-order valence-corrected chi connectivity index (χ3v) is 2.14. The van der Waals surface area contributed by atoms with Crippen LogP contribution in [-0.2, 0) is 9.53 Å². The van der Waals surface area contributed by atoms with Gasteiger partial charge in [-0.05, 0) is 12.0 Å². The minimum absolute atomic E-state index is 0.147. The molecule has 1 aliphatic heterocycles. The number of benzene rings is 1. The van der Waals surface area contributed by atoms with E-state index in [4.69, 9.17) is 4.74 Å². The van der Waals surface area contributed by atoms with Gasteiger partial charge < -0.3 is 4.74 Å². The molecule has 2 nitrogen and oxygen atoms in total. The largest absolute Gasteiger partial charge is 0.448 e. The molecule has 2 heteroatoms. The Morgan fingerprint density at radius 2 is 2.07 bits per heavy atom. The van der Waals surface area contributed by atoms with E-state index in [9.17, 15) is 4.79 Å². The molecule has 0 N–H and O–H groups in total. The molecular formula is C12H10O2. The van der Waals surface area contributed by atoms with E-state index in [-0.39, 0.29) is 6.10 Å². The van der Waals surface area contributed by atoms with E-state index in [0.29, 0.717) is 6.42 Å². The number of rotatable bonds is 1. The van der Waals surface area contributed by atoms with Crippen LogP contribution in [0.5, 0.6) is 0 Å². The van der Waals surface area contributed by atoms with Crippen LogP contribution in [0, 0.1) is 11.8 Å². The topological polar surface area (TPSA) is 26.3 Å². The Morgan fingerprint density at radius 1 is 1.29 bits per heavy atom. The molecule has 1 aromatic rings. The second kappa shape index (κ2) is 3.97. The van der Waals surface area contributed by atoms with Crippen LogP contribution >= 0.6 is 0 Å². The molecule has 1 heterocycles. The van der Waals surface area contributed by atoms with Gasteiger partial charge in [0.1, 0.15) is 6.10 Å². The summed E-state index contributed by atoms with van der Waals surface area (Å²) < 4.78 is 5.18. The molecule has 0 unspecified atom stereocenters. The Bertz CT molecular complexity index is 384. The van der Waals surface area contributed by atoms with Crippen molar-refractivity contribution in [1.29, 1.82) is 0 Å². The number of esters is 1. The second-order valence-corrected chi connectivity index (χ2v) is 3.15. The summed E-state index contributed by atoms with van der Waals surface area (Å²) in [7, 11) is 0. The molecule has 2 rings (SSSR count). The van der Waals surface area contributed by atoms with Crippen molar-refractivity contribution >= 4 is 5.97 Å². The average Bonchev–Trinajstić information content (AvgIpc) is 2.44. The van der Waals surface area contributed by atoms with Crippen LogP contribution in [0.4, 0.5) is 0 Å². The number of carbonyl (C=O) groups excluding carboxylic acids is 1. The van der Waals surface area contributed by atoms with E-state index < -0.39 is 5.97 Å². The zero-order valence-electron chi connectivity index (χ0n) is 7.69. The van der Waals surface area contributed by atoms with Crippen LogP contribution < -0.4 is 0 Å². The molecule has 0 bridgehead atoms. The maximum absolute atomic E-state index is 11.1. The molecule has 70 valence electrons. The highest BCUT2D eigenvalue weighted by atomic mass is 16.5. The smallest absolute Gasteiger partial charge is 0.384 e. The van der Waals surface area contributed by atoms with E-state index in [1.54, 1.807) is 0 Å². The second-order valence-electron chi connectivity index (χ2n) is 3.15. The van der Waals surface area contributed by atoms with E-state index in [1.165, 1.54) is 0 Å². The zero-order valence-corrected chi connectivity index (χ0v) is 7.69. The standard InChI is InChI=1S/C12H10O2/c13-12-9-5-4-8-11(14-12)10-6-2-1-3-7-10/h1-3,6-7,11H,4,8H2/t11-/m1/s1. The Kier molecular flexibility index (Phi) is 2.51. The molecule has 0 aromatic heterocycles. The highest BCUT2D eigenvalue weighted by Gasteiger charge is 2.16. The van der Waals surface area contributed by atoms with Crippen LogP contribution in [0.2, 0.25) is 0 Å². The van der Waals surface area contributed by atoms with Crippen molar-refractivity contribution in [3.8, 4) is 11.8 Å². The lowest BCUT2D eigenvalue weighted by Gasteiger charge is -2.14. The van der Waals surface area contributed by atoms with Gasteiger partial charge >= 0.3 is 5.97 Å². The van der Waals surface area contributed by atoms with Gasteiger partial charge in [-0.2, -0.15) is 0 Å².